The Kier molecular flexibility index (Phi) is 5.32. The van der Waals surface area contributed by atoms with Gasteiger partial charge in [0.15, 0.2) is 0 Å². The van der Waals surface area contributed by atoms with Gasteiger partial charge in [-0.05, 0) is 25.3 Å². The van der Waals surface area contributed by atoms with Gasteiger partial charge in [0.05, 0.1) is 12.3 Å². The van der Waals surface area contributed by atoms with Gasteiger partial charge in [0.1, 0.15) is 5.82 Å². The number of hydrogen-bond donors (Lipinski definition) is 1. The number of likely N-dealkylation sites (N-methyl/N-ethyl adjacent to an activating group) is 1. The molecule has 1 aromatic heterocycles. The summed E-state index contributed by atoms with van der Waals surface area (Å²) >= 11 is 0. The molecule has 0 saturated carbocycles. The molecular formula is C16H23N3O. The van der Waals surface area contributed by atoms with Crippen LogP contribution >= 0.6 is 0 Å². The van der Waals surface area contributed by atoms with Crippen molar-refractivity contribution in [2.75, 3.05) is 31.2 Å². The number of benzene rings is 1. The van der Waals surface area contributed by atoms with Crippen molar-refractivity contribution in [1.82, 2.24) is 4.98 Å². The minimum atomic E-state index is 0.459. The first kappa shape index (κ1) is 14.8. The monoisotopic (exact) mass is 273 g/mol. The van der Waals surface area contributed by atoms with Crippen LogP contribution in [0.15, 0.2) is 30.3 Å². The van der Waals surface area contributed by atoms with Crippen molar-refractivity contribution in [3.05, 3.63) is 36.0 Å². The number of fused-ring (bicyclic) bond motifs is 1. The van der Waals surface area contributed by atoms with Crippen LogP contribution in [0.2, 0.25) is 0 Å². The molecule has 0 atom stereocenters. The molecular weight excluding hydrogens is 250 g/mol. The molecule has 0 saturated heterocycles. The average molecular weight is 273 g/mol. The summed E-state index contributed by atoms with van der Waals surface area (Å²) in [5, 5.41) is 2.36. The van der Waals surface area contributed by atoms with Gasteiger partial charge in [-0.3, -0.25) is 0 Å². The highest BCUT2D eigenvalue weighted by molar-refractivity contribution is 5.92. The van der Waals surface area contributed by atoms with E-state index in [1.807, 2.05) is 19.1 Å². The maximum Gasteiger partial charge on any atom is 0.136 e. The summed E-state index contributed by atoms with van der Waals surface area (Å²) in [6.07, 6.45) is 0. The van der Waals surface area contributed by atoms with E-state index in [4.69, 9.17) is 15.5 Å². The highest BCUT2D eigenvalue weighted by Gasteiger charge is 2.11. The summed E-state index contributed by atoms with van der Waals surface area (Å²) in [6, 6.07) is 10.4. The van der Waals surface area contributed by atoms with E-state index in [9.17, 15) is 0 Å². The first-order chi connectivity index (χ1) is 9.80. The van der Waals surface area contributed by atoms with Crippen LogP contribution in [0, 0.1) is 0 Å². The molecule has 4 nitrogen and oxygen atoms in total. The zero-order valence-electron chi connectivity index (χ0n) is 12.3. The van der Waals surface area contributed by atoms with Crippen LogP contribution < -0.4 is 10.6 Å². The molecule has 108 valence electrons. The molecule has 2 N–H and O–H groups in total. The van der Waals surface area contributed by atoms with E-state index >= 15 is 0 Å². The van der Waals surface area contributed by atoms with Crippen molar-refractivity contribution in [1.29, 1.82) is 0 Å². The Labute approximate surface area is 120 Å². The molecule has 4 heteroatoms. The van der Waals surface area contributed by atoms with Crippen LogP contribution in [0.1, 0.15) is 19.5 Å². The number of pyridine rings is 1. The first-order valence-electron chi connectivity index (χ1n) is 7.21. The van der Waals surface area contributed by atoms with Gasteiger partial charge in [0.25, 0.3) is 0 Å². The molecule has 0 radical (unpaired) electrons. The molecule has 0 fully saturated rings. The Morgan fingerprint density at radius 1 is 1.25 bits per heavy atom. The number of nitrogens with two attached hydrogens (primary N) is 1. The molecule has 0 amide bonds. The van der Waals surface area contributed by atoms with E-state index in [0.29, 0.717) is 13.2 Å². The molecule has 0 bridgehead atoms. The normalized spacial score (nSPS) is 10.9. The Morgan fingerprint density at radius 3 is 2.75 bits per heavy atom. The molecule has 2 rings (SSSR count). The third-order valence-corrected chi connectivity index (χ3v) is 3.37. The van der Waals surface area contributed by atoms with Crippen LogP contribution in [-0.4, -0.2) is 31.3 Å². The molecule has 0 aliphatic rings. The predicted molar refractivity (Wildman–Crippen MR) is 84.0 cm³/mol. The van der Waals surface area contributed by atoms with Crippen LogP contribution in [0.5, 0.6) is 0 Å². The summed E-state index contributed by atoms with van der Waals surface area (Å²) < 4.78 is 5.46. The first-order valence-corrected chi connectivity index (χ1v) is 7.21. The third-order valence-electron chi connectivity index (χ3n) is 3.37. The second-order valence-electron chi connectivity index (χ2n) is 4.64. The molecule has 20 heavy (non-hydrogen) atoms. The smallest absolute Gasteiger partial charge is 0.136 e. The maximum atomic E-state index is 5.77. The van der Waals surface area contributed by atoms with Crippen LogP contribution in [0.3, 0.4) is 0 Å². The fraction of sp³-hybridized carbons (Fsp3) is 0.438. The largest absolute Gasteiger partial charge is 0.380 e. The van der Waals surface area contributed by atoms with Gasteiger partial charge < -0.3 is 15.4 Å². The van der Waals surface area contributed by atoms with Crippen molar-refractivity contribution in [3.63, 3.8) is 0 Å². The highest BCUT2D eigenvalue weighted by atomic mass is 16.5. The molecule has 0 unspecified atom stereocenters. The molecule has 0 spiro atoms. The summed E-state index contributed by atoms with van der Waals surface area (Å²) in [4.78, 5) is 6.96. The molecule has 1 heterocycles. The standard InChI is InChI=1S/C16H23N3O/c1-3-19(9-10-20-4-2)16-15-8-6-5-7-13(15)11-14(12-17)18-16/h5-8,11H,3-4,9-10,12,17H2,1-2H3. The maximum absolute atomic E-state index is 5.77. The van der Waals surface area contributed by atoms with Gasteiger partial charge in [-0.25, -0.2) is 4.98 Å². The van der Waals surface area contributed by atoms with E-state index in [-0.39, 0.29) is 0 Å². The van der Waals surface area contributed by atoms with E-state index in [2.05, 4.69) is 30.0 Å². The number of nitrogens with zero attached hydrogens (tertiary/aromatic N) is 2. The molecule has 0 aliphatic heterocycles. The van der Waals surface area contributed by atoms with E-state index < -0.39 is 0 Å². The Morgan fingerprint density at radius 2 is 2.05 bits per heavy atom. The Bertz CT molecular complexity index is 556. The van der Waals surface area contributed by atoms with Gasteiger partial charge in [0.2, 0.25) is 0 Å². The van der Waals surface area contributed by atoms with Crippen molar-refractivity contribution >= 4 is 16.6 Å². The Hall–Kier alpha value is -1.65. The minimum absolute atomic E-state index is 0.459. The number of aromatic nitrogens is 1. The van der Waals surface area contributed by atoms with Crippen LogP contribution in [0.4, 0.5) is 5.82 Å². The van der Waals surface area contributed by atoms with Gasteiger partial charge in [-0.15, -0.1) is 0 Å². The second-order valence-corrected chi connectivity index (χ2v) is 4.64. The summed E-state index contributed by atoms with van der Waals surface area (Å²) in [5.74, 6) is 1.01. The summed E-state index contributed by atoms with van der Waals surface area (Å²) in [7, 11) is 0. The number of ether oxygens (including phenoxy) is 1. The number of anilines is 1. The zero-order valence-corrected chi connectivity index (χ0v) is 12.3. The topological polar surface area (TPSA) is 51.4 Å². The van der Waals surface area contributed by atoms with Crippen molar-refractivity contribution in [2.24, 2.45) is 5.73 Å². The summed E-state index contributed by atoms with van der Waals surface area (Å²) in [5.41, 5.74) is 6.69. The SMILES string of the molecule is CCOCCN(CC)c1nc(CN)cc2ccccc12. The van der Waals surface area contributed by atoms with E-state index in [1.54, 1.807) is 0 Å². The third kappa shape index (κ3) is 3.26. The van der Waals surface area contributed by atoms with Crippen molar-refractivity contribution in [3.8, 4) is 0 Å². The van der Waals surface area contributed by atoms with Gasteiger partial charge in [0, 0.05) is 31.6 Å². The van der Waals surface area contributed by atoms with Crippen molar-refractivity contribution in [2.45, 2.75) is 20.4 Å². The fourth-order valence-electron chi connectivity index (χ4n) is 2.31. The summed E-state index contributed by atoms with van der Waals surface area (Å²) in [6.45, 7) is 7.81. The van der Waals surface area contributed by atoms with Crippen LogP contribution in [-0.2, 0) is 11.3 Å². The number of rotatable bonds is 7. The lowest BCUT2D eigenvalue weighted by atomic mass is 10.1. The van der Waals surface area contributed by atoms with Gasteiger partial charge >= 0.3 is 0 Å². The Balaban J connectivity index is 2.38. The molecule has 2 aromatic rings. The predicted octanol–water partition coefficient (Wildman–Crippen LogP) is 2.56. The molecule has 0 aliphatic carbocycles. The quantitative estimate of drug-likeness (QED) is 0.788. The lowest BCUT2D eigenvalue weighted by molar-refractivity contribution is 0.154. The average Bonchev–Trinajstić information content (AvgIpc) is 2.50. The highest BCUT2D eigenvalue weighted by Crippen LogP contribution is 2.25. The second kappa shape index (κ2) is 7.22. The van der Waals surface area contributed by atoms with E-state index in [0.717, 1.165) is 31.2 Å². The fourth-order valence-corrected chi connectivity index (χ4v) is 2.31. The van der Waals surface area contributed by atoms with E-state index in [1.165, 1.54) is 10.8 Å². The lowest BCUT2D eigenvalue weighted by Gasteiger charge is -2.24. The van der Waals surface area contributed by atoms with Gasteiger partial charge in [-0.1, -0.05) is 24.3 Å². The number of hydrogen-bond acceptors (Lipinski definition) is 4. The lowest BCUT2D eigenvalue weighted by Crippen LogP contribution is -2.28. The zero-order chi connectivity index (χ0) is 14.4. The minimum Gasteiger partial charge on any atom is -0.380 e. The van der Waals surface area contributed by atoms with Crippen molar-refractivity contribution < 1.29 is 4.74 Å². The van der Waals surface area contributed by atoms with Gasteiger partial charge in [-0.2, -0.15) is 0 Å². The molecule has 1 aromatic carbocycles. The van der Waals surface area contributed by atoms with Crippen LogP contribution in [0.25, 0.3) is 10.8 Å².